The van der Waals surface area contributed by atoms with Gasteiger partial charge in [0.25, 0.3) is 0 Å². The number of carbonyl (C=O) groups is 1. The van der Waals surface area contributed by atoms with Gasteiger partial charge in [0.15, 0.2) is 5.82 Å². The minimum absolute atomic E-state index is 0.0798. The number of hydrogen-bond donors (Lipinski definition) is 2. The Kier molecular flexibility index (Phi) is 4.29. The third-order valence-corrected chi connectivity index (χ3v) is 3.99. The second-order valence-electron chi connectivity index (χ2n) is 5.84. The number of hydrogen-bond acceptors (Lipinski definition) is 3. The summed E-state index contributed by atoms with van der Waals surface area (Å²) in [6.45, 7) is 3.09. The van der Waals surface area contributed by atoms with Crippen molar-refractivity contribution in [2.75, 3.05) is 25.0 Å². The molecule has 7 heteroatoms. The molecule has 2 N–H and O–H groups in total. The van der Waals surface area contributed by atoms with E-state index in [1.807, 2.05) is 6.92 Å². The summed E-state index contributed by atoms with van der Waals surface area (Å²) in [6, 6.07) is 4.23. The van der Waals surface area contributed by atoms with E-state index in [-0.39, 0.29) is 18.6 Å². The highest BCUT2D eigenvalue weighted by Gasteiger charge is 2.25. The van der Waals surface area contributed by atoms with Gasteiger partial charge in [-0.15, -0.1) is 0 Å². The van der Waals surface area contributed by atoms with Crippen LogP contribution in [0.25, 0.3) is 5.69 Å². The summed E-state index contributed by atoms with van der Waals surface area (Å²) in [5.74, 6) is -0.330. The van der Waals surface area contributed by atoms with Crippen LogP contribution in [0, 0.1) is 18.7 Å². The fourth-order valence-electron chi connectivity index (χ4n) is 2.68. The molecule has 0 saturated carbocycles. The minimum Gasteiger partial charge on any atom is -0.396 e. The Morgan fingerprint density at radius 3 is 2.96 bits per heavy atom. The second-order valence-corrected chi connectivity index (χ2v) is 5.84. The van der Waals surface area contributed by atoms with Crippen molar-refractivity contribution in [2.24, 2.45) is 5.92 Å². The largest absolute Gasteiger partial charge is 0.396 e. The Bertz CT molecular complexity index is 716. The van der Waals surface area contributed by atoms with Crippen LogP contribution in [0.2, 0.25) is 0 Å². The van der Waals surface area contributed by atoms with E-state index in [1.54, 1.807) is 29.4 Å². The summed E-state index contributed by atoms with van der Waals surface area (Å²) in [6.07, 6.45) is 4.17. The molecule has 6 nitrogen and oxygen atoms in total. The zero-order valence-corrected chi connectivity index (χ0v) is 12.9. The standard InChI is InChI=1S/C16H19FN4O2/c1-11-7-18-21(8-11)15-3-2-13(6-14(15)17)19-16(23)20-5-4-12(9-20)10-22/h2-3,6-8,12,22H,4-5,9-10H2,1H3,(H,19,23). The van der Waals surface area contributed by atoms with Crippen molar-refractivity contribution in [3.63, 3.8) is 0 Å². The lowest BCUT2D eigenvalue weighted by atomic mass is 10.1. The number of likely N-dealkylation sites (tertiary alicyclic amines) is 1. The fraction of sp³-hybridized carbons (Fsp3) is 0.375. The van der Waals surface area contributed by atoms with Crippen LogP contribution in [0.15, 0.2) is 30.6 Å². The average Bonchev–Trinajstić information content (AvgIpc) is 3.16. The predicted octanol–water partition coefficient (Wildman–Crippen LogP) is 2.17. The smallest absolute Gasteiger partial charge is 0.321 e. The Morgan fingerprint density at radius 2 is 2.35 bits per heavy atom. The molecule has 1 fully saturated rings. The van der Waals surface area contributed by atoms with Crippen molar-refractivity contribution in [1.29, 1.82) is 0 Å². The number of carbonyl (C=O) groups excluding carboxylic acids is 1. The number of halogens is 1. The first-order valence-corrected chi connectivity index (χ1v) is 7.55. The molecule has 1 aromatic heterocycles. The summed E-state index contributed by atoms with van der Waals surface area (Å²) < 4.78 is 15.7. The van der Waals surface area contributed by atoms with Gasteiger partial charge in [0.1, 0.15) is 5.69 Å². The van der Waals surface area contributed by atoms with Gasteiger partial charge in [-0.25, -0.2) is 13.9 Å². The molecular weight excluding hydrogens is 299 g/mol. The second kappa shape index (κ2) is 6.37. The van der Waals surface area contributed by atoms with Crippen LogP contribution >= 0.6 is 0 Å². The van der Waals surface area contributed by atoms with Crippen LogP contribution in [0.4, 0.5) is 14.9 Å². The fourth-order valence-corrected chi connectivity index (χ4v) is 2.68. The van der Waals surface area contributed by atoms with Crippen molar-refractivity contribution in [3.8, 4) is 5.69 Å². The van der Waals surface area contributed by atoms with Crippen LogP contribution in [-0.4, -0.2) is 45.5 Å². The first-order chi connectivity index (χ1) is 11.1. The zero-order valence-electron chi connectivity index (χ0n) is 12.9. The number of rotatable bonds is 3. The van der Waals surface area contributed by atoms with Crippen molar-refractivity contribution >= 4 is 11.7 Å². The summed E-state index contributed by atoms with van der Waals surface area (Å²) in [7, 11) is 0. The number of aliphatic hydroxyl groups excluding tert-OH is 1. The molecule has 1 aromatic carbocycles. The van der Waals surface area contributed by atoms with Crippen LogP contribution < -0.4 is 5.32 Å². The maximum absolute atomic E-state index is 14.2. The normalized spacial score (nSPS) is 17.5. The van der Waals surface area contributed by atoms with E-state index in [2.05, 4.69) is 10.4 Å². The molecule has 122 valence electrons. The summed E-state index contributed by atoms with van der Waals surface area (Å²) >= 11 is 0. The number of aryl methyl sites for hydroxylation is 1. The molecule has 0 spiro atoms. The van der Waals surface area contributed by atoms with Gasteiger partial charge < -0.3 is 15.3 Å². The lowest BCUT2D eigenvalue weighted by Crippen LogP contribution is -2.33. The van der Waals surface area contributed by atoms with Gasteiger partial charge in [-0.1, -0.05) is 0 Å². The summed E-state index contributed by atoms with van der Waals surface area (Å²) in [5, 5.41) is 15.9. The van der Waals surface area contributed by atoms with Crippen molar-refractivity contribution < 1.29 is 14.3 Å². The SMILES string of the molecule is Cc1cnn(-c2ccc(NC(=O)N3CCC(CO)C3)cc2F)c1. The highest BCUT2D eigenvalue weighted by molar-refractivity contribution is 5.89. The maximum atomic E-state index is 14.2. The number of benzene rings is 1. The van der Waals surface area contributed by atoms with Gasteiger partial charge in [0, 0.05) is 37.5 Å². The zero-order chi connectivity index (χ0) is 16.4. The van der Waals surface area contributed by atoms with Gasteiger partial charge in [-0.2, -0.15) is 5.10 Å². The first kappa shape index (κ1) is 15.5. The van der Waals surface area contributed by atoms with E-state index in [4.69, 9.17) is 5.11 Å². The summed E-state index contributed by atoms with van der Waals surface area (Å²) in [4.78, 5) is 13.8. The maximum Gasteiger partial charge on any atom is 0.321 e. The van der Waals surface area contributed by atoms with E-state index in [9.17, 15) is 9.18 Å². The molecule has 3 rings (SSSR count). The molecular formula is C16H19FN4O2. The van der Waals surface area contributed by atoms with Gasteiger partial charge in [-0.05, 0) is 37.1 Å². The van der Waals surface area contributed by atoms with Crippen LogP contribution in [0.1, 0.15) is 12.0 Å². The number of nitrogens with zero attached hydrogens (tertiary/aromatic N) is 3. The molecule has 1 aliphatic rings. The average molecular weight is 318 g/mol. The van der Waals surface area contributed by atoms with Crippen LogP contribution in [0.3, 0.4) is 0 Å². The highest BCUT2D eigenvalue weighted by atomic mass is 19.1. The van der Waals surface area contributed by atoms with E-state index in [0.717, 1.165) is 12.0 Å². The first-order valence-electron chi connectivity index (χ1n) is 7.55. The topological polar surface area (TPSA) is 70.4 Å². The molecule has 0 bridgehead atoms. The minimum atomic E-state index is -0.458. The number of aliphatic hydroxyl groups is 1. The third kappa shape index (κ3) is 3.34. The molecule has 1 unspecified atom stereocenters. The van der Waals surface area contributed by atoms with Gasteiger partial charge >= 0.3 is 6.03 Å². The Hall–Kier alpha value is -2.41. The molecule has 2 heterocycles. The third-order valence-electron chi connectivity index (χ3n) is 3.99. The summed E-state index contributed by atoms with van der Waals surface area (Å²) in [5.41, 5.74) is 1.67. The molecule has 1 atom stereocenters. The molecule has 1 saturated heterocycles. The molecule has 0 aliphatic carbocycles. The number of nitrogens with one attached hydrogen (secondary N) is 1. The van der Waals surface area contributed by atoms with Crippen LogP contribution in [-0.2, 0) is 0 Å². The van der Waals surface area contributed by atoms with E-state index in [0.29, 0.717) is 24.5 Å². The quantitative estimate of drug-likeness (QED) is 0.911. The number of urea groups is 1. The van der Waals surface area contributed by atoms with E-state index in [1.165, 1.54) is 10.7 Å². The number of anilines is 1. The number of aromatic nitrogens is 2. The monoisotopic (exact) mass is 318 g/mol. The van der Waals surface area contributed by atoms with Crippen molar-refractivity contribution in [1.82, 2.24) is 14.7 Å². The Morgan fingerprint density at radius 1 is 1.52 bits per heavy atom. The Balaban J connectivity index is 1.70. The van der Waals surface area contributed by atoms with E-state index >= 15 is 0 Å². The molecule has 2 aromatic rings. The van der Waals surface area contributed by atoms with Gasteiger partial charge in [-0.3, -0.25) is 0 Å². The van der Waals surface area contributed by atoms with Crippen molar-refractivity contribution in [2.45, 2.75) is 13.3 Å². The molecule has 23 heavy (non-hydrogen) atoms. The molecule has 2 amide bonds. The van der Waals surface area contributed by atoms with Crippen molar-refractivity contribution in [3.05, 3.63) is 42.0 Å². The Labute approximate surface area is 133 Å². The lowest BCUT2D eigenvalue weighted by Gasteiger charge is -2.17. The van der Waals surface area contributed by atoms with Crippen LogP contribution in [0.5, 0.6) is 0 Å². The van der Waals surface area contributed by atoms with E-state index < -0.39 is 5.82 Å². The lowest BCUT2D eigenvalue weighted by molar-refractivity contribution is 0.209. The van der Waals surface area contributed by atoms with Gasteiger partial charge in [0.2, 0.25) is 0 Å². The number of amides is 2. The van der Waals surface area contributed by atoms with Gasteiger partial charge in [0.05, 0.1) is 6.20 Å². The highest BCUT2D eigenvalue weighted by Crippen LogP contribution is 2.20. The predicted molar refractivity (Wildman–Crippen MR) is 84.0 cm³/mol. The molecule has 1 aliphatic heterocycles. The molecule has 0 radical (unpaired) electrons.